The molecule has 0 unspecified atom stereocenters. The fourth-order valence-electron chi connectivity index (χ4n) is 4.20. The van der Waals surface area contributed by atoms with Gasteiger partial charge in [0, 0.05) is 11.3 Å². The maximum absolute atomic E-state index is 13.6. The highest BCUT2D eigenvalue weighted by Gasteiger charge is 2.42. The largest absolute Gasteiger partial charge is 0.436 e. The van der Waals surface area contributed by atoms with Crippen molar-refractivity contribution in [2.24, 2.45) is 5.73 Å². The first kappa shape index (κ1) is 27.1. The number of nitrogens with two attached hydrogens (primary N) is 1. The van der Waals surface area contributed by atoms with E-state index in [4.69, 9.17) is 5.73 Å². The second-order valence-electron chi connectivity index (χ2n) is 8.80. The van der Waals surface area contributed by atoms with Crippen molar-refractivity contribution in [3.05, 3.63) is 62.8 Å². The van der Waals surface area contributed by atoms with Crippen molar-refractivity contribution in [3.8, 4) is 11.1 Å². The number of primary amides is 1. The van der Waals surface area contributed by atoms with Crippen molar-refractivity contribution in [1.82, 2.24) is 14.8 Å². The van der Waals surface area contributed by atoms with Crippen molar-refractivity contribution in [3.63, 3.8) is 0 Å². The summed E-state index contributed by atoms with van der Waals surface area (Å²) in [5.74, 6) is -2.10. The predicted molar refractivity (Wildman–Crippen MR) is 134 cm³/mol. The minimum Gasteiger partial charge on any atom is -0.365 e. The molecule has 0 aliphatic heterocycles. The smallest absolute Gasteiger partial charge is 0.365 e. The SMILES string of the molecule is NC(=O)c1sc2nc(C(F)(F)F)cc(-c3ccccc3)c2c1NC(=O)Cn1nc(C(F)(F)F)c(Br)c1C1CC1. The molecule has 7 nitrogen and oxygen atoms in total. The lowest BCUT2D eigenvalue weighted by atomic mass is 10.0. The number of amides is 2. The molecule has 15 heteroatoms. The maximum Gasteiger partial charge on any atom is 0.436 e. The molecule has 1 aromatic carbocycles. The van der Waals surface area contributed by atoms with Crippen molar-refractivity contribution < 1.29 is 35.9 Å². The lowest BCUT2D eigenvalue weighted by Gasteiger charge is -2.13. The van der Waals surface area contributed by atoms with Crippen LogP contribution in [-0.4, -0.2) is 26.6 Å². The summed E-state index contributed by atoms with van der Waals surface area (Å²) in [5, 5.41) is 6.11. The molecule has 1 saturated carbocycles. The van der Waals surface area contributed by atoms with Gasteiger partial charge in [0.2, 0.25) is 5.91 Å². The van der Waals surface area contributed by atoms with E-state index in [1.54, 1.807) is 30.3 Å². The minimum atomic E-state index is -4.80. The summed E-state index contributed by atoms with van der Waals surface area (Å²) < 4.78 is 82.0. The summed E-state index contributed by atoms with van der Waals surface area (Å²) in [6.45, 7) is -0.648. The third kappa shape index (κ3) is 5.24. The number of pyridine rings is 1. The van der Waals surface area contributed by atoms with Crippen LogP contribution in [0.1, 0.15) is 45.5 Å². The van der Waals surface area contributed by atoms with Crippen LogP contribution in [0.3, 0.4) is 0 Å². The van der Waals surface area contributed by atoms with Gasteiger partial charge in [-0.05, 0) is 46.0 Å². The van der Waals surface area contributed by atoms with Gasteiger partial charge in [-0.15, -0.1) is 11.3 Å². The van der Waals surface area contributed by atoms with Crippen LogP contribution in [0.5, 0.6) is 0 Å². The zero-order valence-electron chi connectivity index (χ0n) is 19.5. The summed E-state index contributed by atoms with van der Waals surface area (Å²) in [5.41, 5.74) is 3.52. The van der Waals surface area contributed by atoms with Crippen LogP contribution in [0.25, 0.3) is 21.3 Å². The molecule has 0 saturated heterocycles. The predicted octanol–water partition coefficient (Wildman–Crippen LogP) is 6.57. The van der Waals surface area contributed by atoms with Crippen LogP contribution in [0.15, 0.2) is 40.9 Å². The standard InChI is InChI=1S/C24H16BrF6N5O2S/c25-16-18(11-6-7-11)36(35-20(16)24(29,30)31)9-14(37)34-17-15-12(10-4-2-1-3-5-10)8-13(23(26,27)28)33-22(15)39-19(17)21(32)38/h1-5,8,11H,6-7,9H2,(H2,32,38)(H,34,37). The number of benzene rings is 1. The number of nitrogens with zero attached hydrogens (tertiary/aromatic N) is 3. The molecule has 0 atom stereocenters. The van der Waals surface area contributed by atoms with Gasteiger partial charge in [-0.1, -0.05) is 30.3 Å². The molecule has 5 rings (SSSR count). The van der Waals surface area contributed by atoms with Gasteiger partial charge < -0.3 is 11.1 Å². The number of nitrogens with one attached hydrogen (secondary N) is 1. The average molecular weight is 632 g/mol. The van der Waals surface area contributed by atoms with E-state index in [0.717, 1.165) is 10.7 Å². The molecule has 2 amide bonds. The highest BCUT2D eigenvalue weighted by atomic mass is 79.9. The molecule has 0 radical (unpaired) electrons. The number of hydrogen-bond acceptors (Lipinski definition) is 5. The molecule has 4 aromatic rings. The number of halogens is 7. The minimum absolute atomic E-state index is 0.0341. The van der Waals surface area contributed by atoms with Crippen molar-refractivity contribution >= 4 is 55.0 Å². The van der Waals surface area contributed by atoms with Crippen molar-refractivity contribution in [1.29, 1.82) is 0 Å². The zero-order chi connectivity index (χ0) is 28.3. The number of anilines is 1. The quantitative estimate of drug-likeness (QED) is 0.235. The van der Waals surface area contributed by atoms with Crippen molar-refractivity contribution in [2.45, 2.75) is 37.7 Å². The lowest BCUT2D eigenvalue weighted by Crippen LogP contribution is -2.23. The summed E-state index contributed by atoms with van der Waals surface area (Å²) >= 11 is 3.52. The fourth-order valence-corrected chi connectivity index (χ4v) is 6.04. The van der Waals surface area contributed by atoms with E-state index in [1.807, 2.05) is 0 Å². The van der Waals surface area contributed by atoms with Crippen molar-refractivity contribution in [2.75, 3.05) is 5.32 Å². The van der Waals surface area contributed by atoms with Crippen LogP contribution < -0.4 is 11.1 Å². The number of alkyl halides is 6. The van der Waals surface area contributed by atoms with E-state index in [2.05, 4.69) is 31.3 Å². The highest BCUT2D eigenvalue weighted by Crippen LogP contribution is 2.47. The van der Waals surface area contributed by atoms with Gasteiger partial charge in [-0.3, -0.25) is 14.3 Å². The molecule has 1 aliphatic carbocycles. The first-order chi connectivity index (χ1) is 18.3. The molecule has 204 valence electrons. The second kappa shape index (κ2) is 9.62. The Morgan fingerprint density at radius 2 is 1.77 bits per heavy atom. The Labute approximate surface area is 228 Å². The fraction of sp³-hybridized carbons (Fsp3) is 0.250. The highest BCUT2D eigenvalue weighted by molar-refractivity contribution is 9.10. The number of fused-ring (bicyclic) bond motifs is 1. The van der Waals surface area contributed by atoms with Crippen LogP contribution in [0, 0.1) is 0 Å². The first-order valence-electron chi connectivity index (χ1n) is 11.3. The van der Waals surface area contributed by atoms with Gasteiger partial charge in [-0.25, -0.2) is 4.98 Å². The number of hydrogen-bond donors (Lipinski definition) is 2. The molecule has 0 bridgehead atoms. The molecule has 1 fully saturated rings. The number of thiophene rings is 1. The Morgan fingerprint density at radius 1 is 1.10 bits per heavy atom. The summed E-state index contributed by atoms with van der Waals surface area (Å²) in [6, 6.07) is 8.75. The lowest BCUT2D eigenvalue weighted by molar-refractivity contribution is -0.142. The summed E-state index contributed by atoms with van der Waals surface area (Å²) in [4.78, 5) is 28.6. The van der Waals surface area contributed by atoms with Gasteiger partial charge >= 0.3 is 12.4 Å². The average Bonchev–Trinajstić information content (AvgIpc) is 3.53. The van der Waals surface area contributed by atoms with Gasteiger partial charge in [-0.2, -0.15) is 31.4 Å². The van der Waals surface area contributed by atoms with E-state index >= 15 is 0 Å². The Balaban J connectivity index is 1.61. The zero-order valence-corrected chi connectivity index (χ0v) is 21.9. The molecule has 3 heterocycles. The van der Waals surface area contributed by atoms with E-state index in [1.165, 1.54) is 0 Å². The normalized spacial score (nSPS) is 14.1. The van der Waals surface area contributed by atoms with E-state index in [-0.39, 0.29) is 42.4 Å². The molecule has 3 aromatic heterocycles. The summed E-state index contributed by atoms with van der Waals surface area (Å²) in [6.07, 6.45) is -8.32. The topological polar surface area (TPSA) is 103 Å². The Hall–Kier alpha value is -3.46. The molecule has 0 spiro atoms. The van der Waals surface area contributed by atoms with Crippen LogP contribution in [0.4, 0.5) is 32.0 Å². The molecular formula is C24H16BrF6N5O2S. The monoisotopic (exact) mass is 631 g/mol. The second-order valence-corrected chi connectivity index (χ2v) is 10.6. The van der Waals surface area contributed by atoms with Gasteiger partial charge in [0.05, 0.1) is 15.9 Å². The maximum atomic E-state index is 13.6. The van der Waals surface area contributed by atoms with E-state index in [9.17, 15) is 35.9 Å². The molecular weight excluding hydrogens is 616 g/mol. The molecule has 1 aliphatic rings. The summed E-state index contributed by atoms with van der Waals surface area (Å²) in [7, 11) is 0. The van der Waals surface area contributed by atoms with E-state index < -0.39 is 42.1 Å². The number of rotatable bonds is 6. The van der Waals surface area contributed by atoms with Crippen LogP contribution >= 0.6 is 27.3 Å². The van der Waals surface area contributed by atoms with E-state index in [0.29, 0.717) is 29.7 Å². The molecule has 39 heavy (non-hydrogen) atoms. The Morgan fingerprint density at radius 3 is 2.33 bits per heavy atom. The number of carbonyl (C=O) groups excluding carboxylic acids is 2. The Kier molecular flexibility index (Phi) is 6.69. The third-order valence-electron chi connectivity index (χ3n) is 5.98. The molecule has 3 N–H and O–H groups in total. The van der Waals surface area contributed by atoms with Gasteiger partial charge in [0.15, 0.2) is 5.69 Å². The number of carbonyl (C=O) groups is 2. The van der Waals surface area contributed by atoms with Gasteiger partial charge in [0.25, 0.3) is 5.91 Å². The third-order valence-corrected chi connectivity index (χ3v) is 7.86. The first-order valence-corrected chi connectivity index (χ1v) is 12.9. The number of aromatic nitrogens is 3. The van der Waals surface area contributed by atoms with Crippen LogP contribution in [-0.2, 0) is 23.7 Å². The Bertz CT molecular complexity index is 1610. The van der Waals surface area contributed by atoms with Crippen LogP contribution in [0.2, 0.25) is 0 Å². The van der Waals surface area contributed by atoms with Gasteiger partial charge in [0.1, 0.15) is 21.9 Å².